The monoisotopic (exact) mass is 294 g/mol. The average molecular weight is 294 g/mol. The number of benzene rings is 1. The van der Waals surface area contributed by atoms with E-state index in [1.165, 1.54) is 17.0 Å². The van der Waals surface area contributed by atoms with Crippen LogP contribution in [-0.4, -0.2) is 11.5 Å². The minimum Gasteiger partial charge on any atom is -0.384 e. The lowest BCUT2D eigenvalue weighted by molar-refractivity contribution is -0.385. The zero-order chi connectivity index (χ0) is 14.8. The van der Waals surface area contributed by atoms with Crippen molar-refractivity contribution < 1.29 is 9.31 Å². The van der Waals surface area contributed by atoms with Crippen LogP contribution in [0.4, 0.5) is 15.8 Å². The molecule has 0 saturated carbocycles. The highest BCUT2D eigenvalue weighted by Gasteiger charge is 2.21. The van der Waals surface area contributed by atoms with Crippen LogP contribution in [0.25, 0.3) is 0 Å². The van der Waals surface area contributed by atoms with Gasteiger partial charge in [-0.05, 0) is 17.5 Å². The van der Waals surface area contributed by atoms with Gasteiger partial charge in [-0.2, -0.15) is 0 Å². The molecule has 0 saturated heterocycles. The molecule has 4 nitrogen and oxygen atoms in total. The van der Waals surface area contributed by atoms with E-state index in [2.05, 4.69) is 19.2 Å². The number of rotatable bonds is 5. The molecule has 0 unspecified atom stereocenters. The van der Waals surface area contributed by atoms with E-state index >= 15 is 0 Å². The summed E-state index contributed by atoms with van der Waals surface area (Å²) >= 11 is 1.65. The molecule has 0 spiro atoms. The van der Waals surface area contributed by atoms with Gasteiger partial charge in [-0.3, -0.25) is 10.1 Å². The predicted octanol–water partition coefficient (Wildman–Crippen LogP) is 4.19. The van der Waals surface area contributed by atoms with E-state index in [1.54, 1.807) is 11.3 Å². The van der Waals surface area contributed by atoms with Crippen molar-refractivity contribution in [2.45, 2.75) is 19.3 Å². The molecular weight excluding hydrogens is 279 g/mol. The number of hydrogen-bond acceptors (Lipinski definition) is 4. The Kier molecular flexibility index (Phi) is 4.04. The smallest absolute Gasteiger partial charge is 0.274 e. The van der Waals surface area contributed by atoms with E-state index in [1.807, 2.05) is 17.5 Å². The summed E-state index contributed by atoms with van der Waals surface area (Å²) < 4.78 is 13.3. The van der Waals surface area contributed by atoms with Gasteiger partial charge in [0, 0.05) is 28.6 Å². The summed E-state index contributed by atoms with van der Waals surface area (Å²) in [7, 11) is 0. The van der Waals surface area contributed by atoms with Crippen molar-refractivity contribution in [2.24, 2.45) is 0 Å². The zero-order valence-corrected chi connectivity index (χ0v) is 12.0. The Labute approximate surface area is 120 Å². The molecule has 2 rings (SSSR count). The van der Waals surface area contributed by atoms with Crippen molar-refractivity contribution in [2.75, 3.05) is 11.9 Å². The first-order chi connectivity index (χ1) is 9.38. The number of anilines is 1. The molecule has 0 aliphatic heterocycles. The van der Waals surface area contributed by atoms with E-state index in [4.69, 9.17) is 0 Å². The van der Waals surface area contributed by atoms with Crippen molar-refractivity contribution >= 4 is 22.7 Å². The molecule has 0 aliphatic rings. The SMILES string of the molecule is CC(C)(CNc1cc(F)cc([N+](=O)[O-])c1)c1cccs1. The molecule has 0 radical (unpaired) electrons. The summed E-state index contributed by atoms with van der Waals surface area (Å²) in [5.74, 6) is -0.615. The quantitative estimate of drug-likeness (QED) is 0.664. The van der Waals surface area contributed by atoms with Gasteiger partial charge in [0.2, 0.25) is 0 Å². The van der Waals surface area contributed by atoms with Gasteiger partial charge >= 0.3 is 0 Å². The van der Waals surface area contributed by atoms with E-state index in [0.717, 1.165) is 6.07 Å². The Morgan fingerprint density at radius 3 is 2.75 bits per heavy atom. The van der Waals surface area contributed by atoms with Crippen molar-refractivity contribution in [1.82, 2.24) is 0 Å². The third-order valence-corrected chi connectivity index (χ3v) is 4.25. The van der Waals surface area contributed by atoms with Crippen LogP contribution in [0.2, 0.25) is 0 Å². The van der Waals surface area contributed by atoms with Gasteiger partial charge in [0.1, 0.15) is 5.82 Å². The maximum Gasteiger partial charge on any atom is 0.274 e. The Morgan fingerprint density at radius 1 is 1.40 bits per heavy atom. The lowest BCUT2D eigenvalue weighted by Crippen LogP contribution is -2.26. The second-order valence-electron chi connectivity index (χ2n) is 5.17. The van der Waals surface area contributed by atoms with E-state index < -0.39 is 10.7 Å². The molecule has 0 atom stereocenters. The molecule has 106 valence electrons. The number of nitro benzene ring substituents is 1. The van der Waals surface area contributed by atoms with Crippen molar-refractivity contribution in [3.63, 3.8) is 0 Å². The Balaban J connectivity index is 2.13. The topological polar surface area (TPSA) is 55.2 Å². The van der Waals surface area contributed by atoms with Crippen molar-refractivity contribution in [3.05, 3.63) is 56.5 Å². The van der Waals surface area contributed by atoms with Crippen LogP contribution in [0.15, 0.2) is 35.7 Å². The first-order valence-electron chi connectivity index (χ1n) is 6.11. The largest absolute Gasteiger partial charge is 0.384 e. The van der Waals surface area contributed by atoms with Crippen molar-refractivity contribution in [3.8, 4) is 0 Å². The molecule has 2 aromatic rings. The minimum atomic E-state index is -0.615. The zero-order valence-electron chi connectivity index (χ0n) is 11.2. The number of hydrogen-bond donors (Lipinski definition) is 1. The standard InChI is InChI=1S/C14H15FN2O2S/c1-14(2,13-4-3-5-20-13)9-16-11-6-10(15)7-12(8-11)17(18)19/h3-8,16H,9H2,1-2H3. The van der Waals surface area contributed by atoms with Crippen LogP contribution in [0.1, 0.15) is 18.7 Å². The minimum absolute atomic E-state index is 0.130. The second-order valence-corrected chi connectivity index (χ2v) is 6.12. The summed E-state index contributed by atoms with van der Waals surface area (Å²) in [6.45, 7) is 4.70. The molecule has 1 aromatic heterocycles. The van der Waals surface area contributed by atoms with Crippen LogP contribution in [0.5, 0.6) is 0 Å². The Hall–Kier alpha value is -1.95. The van der Waals surface area contributed by atoms with Crippen LogP contribution in [-0.2, 0) is 5.41 Å². The van der Waals surface area contributed by atoms with Gasteiger partial charge in [-0.1, -0.05) is 19.9 Å². The fraction of sp³-hybridized carbons (Fsp3) is 0.286. The normalized spacial score (nSPS) is 11.3. The van der Waals surface area contributed by atoms with Crippen molar-refractivity contribution in [1.29, 1.82) is 0 Å². The molecule has 0 fully saturated rings. The van der Waals surface area contributed by atoms with Gasteiger partial charge in [0.05, 0.1) is 11.0 Å². The highest BCUT2D eigenvalue weighted by Crippen LogP contribution is 2.28. The molecule has 0 amide bonds. The highest BCUT2D eigenvalue weighted by molar-refractivity contribution is 7.10. The summed E-state index contributed by atoms with van der Waals surface area (Å²) in [4.78, 5) is 11.3. The molecular formula is C14H15FN2O2S. The predicted molar refractivity (Wildman–Crippen MR) is 78.9 cm³/mol. The summed E-state index contributed by atoms with van der Waals surface area (Å²) in [6, 6.07) is 7.54. The third-order valence-electron chi connectivity index (χ3n) is 3.02. The maximum atomic E-state index is 13.3. The van der Waals surface area contributed by atoms with Gasteiger partial charge in [0.15, 0.2) is 0 Å². The van der Waals surface area contributed by atoms with E-state index in [9.17, 15) is 14.5 Å². The first kappa shape index (κ1) is 14.5. The van der Waals surface area contributed by atoms with Crippen LogP contribution in [0.3, 0.4) is 0 Å². The first-order valence-corrected chi connectivity index (χ1v) is 6.99. The Morgan fingerprint density at radius 2 is 2.15 bits per heavy atom. The number of halogens is 1. The van der Waals surface area contributed by atoms with Gasteiger partial charge in [-0.25, -0.2) is 4.39 Å². The van der Waals surface area contributed by atoms with Crippen LogP contribution >= 0.6 is 11.3 Å². The van der Waals surface area contributed by atoms with Crippen LogP contribution < -0.4 is 5.32 Å². The Bertz CT molecular complexity index is 612. The maximum absolute atomic E-state index is 13.3. The number of nitro groups is 1. The number of thiophene rings is 1. The third kappa shape index (κ3) is 3.33. The van der Waals surface area contributed by atoms with Gasteiger partial charge in [-0.15, -0.1) is 11.3 Å². The lowest BCUT2D eigenvalue weighted by Gasteiger charge is -2.24. The van der Waals surface area contributed by atoms with Crippen LogP contribution in [0, 0.1) is 15.9 Å². The molecule has 6 heteroatoms. The van der Waals surface area contributed by atoms with E-state index in [0.29, 0.717) is 12.2 Å². The molecule has 0 bridgehead atoms. The molecule has 1 aromatic carbocycles. The number of nitrogens with one attached hydrogen (secondary N) is 1. The highest BCUT2D eigenvalue weighted by atomic mass is 32.1. The molecule has 1 heterocycles. The van der Waals surface area contributed by atoms with E-state index in [-0.39, 0.29) is 11.1 Å². The van der Waals surface area contributed by atoms with Gasteiger partial charge in [0.25, 0.3) is 5.69 Å². The lowest BCUT2D eigenvalue weighted by atomic mass is 9.91. The van der Waals surface area contributed by atoms with Gasteiger partial charge < -0.3 is 5.32 Å². The fourth-order valence-electron chi connectivity index (χ4n) is 1.86. The fourth-order valence-corrected chi connectivity index (χ4v) is 2.71. The summed E-state index contributed by atoms with van der Waals surface area (Å²) in [5.41, 5.74) is 0.0395. The molecule has 0 aliphatic carbocycles. The summed E-state index contributed by atoms with van der Waals surface area (Å²) in [5, 5.41) is 15.8. The number of non-ortho nitro benzene ring substituents is 1. The average Bonchev–Trinajstić information content (AvgIpc) is 2.90. The molecule has 1 N–H and O–H groups in total. The summed E-state index contributed by atoms with van der Waals surface area (Å²) in [6.07, 6.45) is 0. The molecule has 20 heavy (non-hydrogen) atoms. The second kappa shape index (κ2) is 5.58. The number of nitrogens with zero attached hydrogens (tertiary/aromatic N) is 1.